The fraction of sp³-hybridized carbons (Fsp3) is 0.500. The van der Waals surface area contributed by atoms with Crippen molar-refractivity contribution in [2.24, 2.45) is 5.92 Å². The first-order valence-electron chi connectivity index (χ1n) is 6.39. The summed E-state index contributed by atoms with van der Waals surface area (Å²) in [5, 5.41) is 2.56. The smallest absolute Gasteiger partial charge is 0.381 e. The summed E-state index contributed by atoms with van der Waals surface area (Å²) in [6.45, 7) is 1.27. The summed E-state index contributed by atoms with van der Waals surface area (Å²) >= 11 is 0. The molecule has 1 aromatic heterocycles. The first-order valence-corrected chi connectivity index (χ1v) is 7.70. The molecule has 116 valence electrons. The van der Waals surface area contributed by atoms with Crippen molar-refractivity contribution in [3.63, 3.8) is 0 Å². The molecule has 0 saturated carbocycles. The molecule has 1 aromatic rings. The number of anilines is 1. The van der Waals surface area contributed by atoms with Crippen molar-refractivity contribution in [3.05, 3.63) is 18.5 Å². The maximum atomic E-state index is 12.4. The number of halogens is 1. The third kappa shape index (κ3) is 5.64. The summed E-state index contributed by atoms with van der Waals surface area (Å²) < 4.78 is 42.5. The van der Waals surface area contributed by atoms with Crippen molar-refractivity contribution in [3.8, 4) is 5.75 Å². The van der Waals surface area contributed by atoms with E-state index in [4.69, 9.17) is 4.74 Å². The number of aromatic nitrogens is 1. The number of hydrogen-bond acceptors (Lipinski definition) is 6. The molecule has 1 fully saturated rings. The van der Waals surface area contributed by atoms with Crippen LogP contribution < -0.4 is 9.50 Å². The summed E-state index contributed by atoms with van der Waals surface area (Å²) in [6, 6.07) is 1.18. The van der Waals surface area contributed by atoms with Crippen LogP contribution in [0.25, 0.3) is 0 Å². The predicted molar refractivity (Wildman–Crippen MR) is 71.7 cm³/mol. The lowest BCUT2D eigenvalue weighted by Gasteiger charge is -2.21. The van der Waals surface area contributed by atoms with Gasteiger partial charge < -0.3 is 14.2 Å². The number of rotatable bonds is 5. The maximum Gasteiger partial charge on any atom is 0.488 e. The molecule has 21 heavy (non-hydrogen) atoms. The summed E-state index contributed by atoms with van der Waals surface area (Å²) in [4.78, 5) is 15.5. The van der Waals surface area contributed by atoms with E-state index in [0.29, 0.717) is 13.0 Å². The van der Waals surface area contributed by atoms with E-state index >= 15 is 0 Å². The van der Waals surface area contributed by atoms with Gasteiger partial charge in [0.1, 0.15) is 0 Å². The number of nitrogens with one attached hydrogen (secondary N) is 1. The molecule has 1 amide bonds. The summed E-state index contributed by atoms with van der Waals surface area (Å²) in [5.41, 5.74) is 0.234. The number of ether oxygens (including phenoxy) is 1. The molecule has 1 N–H and O–H groups in total. The van der Waals surface area contributed by atoms with Gasteiger partial charge in [-0.25, -0.2) is 0 Å². The average Bonchev–Trinajstić information content (AvgIpc) is 2.38. The molecule has 1 unspecified atom stereocenters. The fourth-order valence-electron chi connectivity index (χ4n) is 2.09. The molecule has 0 aromatic carbocycles. The number of carbonyl (C=O) groups is 1. The van der Waals surface area contributed by atoms with Crippen LogP contribution in [0.2, 0.25) is 0 Å². The minimum Gasteiger partial charge on any atom is -0.381 e. The lowest BCUT2D eigenvalue weighted by atomic mass is 9.98. The Balaban J connectivity index is 1.92. The van der Waals surface area contributed by atoms with Crippen LogP contribution in [0.4, 0.5) is 9.57 Å². The Morgan fingerprint density at radius 3 is 3.00 bits per heavy atom. The SMILES string of the molecule is O=C(CC1CCCOC1)Nc1cncc(OS(=O)(=O)F)c1. The number of carbonyl (C=O) groups excluding carboxylic acids is 1. The van der Waals surface area contributed by atoms with Crippen LogP contribution >= 0.6 is 0 Å². The molecule has 0 bridgehead atoms. The van der Waals surface area contributed by atoms with Gasteiger partial charge in [0.2, 0.25) is 5.91 Å². The second-order valence-corrected chi connectivity index (χ2v) is 5.67. The molecular weight excluding hydrogens is 303 g/mol. The molecule has 0 spiro atoms. The van der Waals surface area contributed by atoms with Gasteiger partial charge in [0, 0.05) is 25.7 Å². The van der Waals surface area contributed by atoms with Crippen molar-refractivity contribution in [1.82, 2.24) is 4.98 Å². The van der Waals surface area contributed by atoms with Crippen LogP contribution in [-0.4, -0.2) is 32.5 Å². The van der Waals surface area contributed by atoms with Gasteiger partial charge in [-0.3, -0.25) is 9.78 Å². The Morgan fingerprint density at radius 1 is 1.52 bits per heavy atom. The van der Waals surface area contributed by atoms with Gasteiger partial charge in [-0.1, -0.05) is 3.89 Å². The van der Waals surface area contributed by atoms with Crippen molar-refractivity contribution >= 4 is 22.1 Å². The zero-order valence-electron chi connectivity index (χ0n) is 11.1. The number of hydrogen-bond donors (Lipinski definition) is 1. The summed E-state index contributed by atoms with van der Waals surface area (Å²) in [7, 11) is -5.11. The van der Waals surface area contributed by atoms with Crippen LogP contribution in [0, 0.1) is 5.92 Å². The lowest BCUT2D eigenvalue weighted by Crippen LogP contribution is -2.23. The number of pyridine rings is 1. The minimum atomic E-state index is -5.11. The van der Waals surface area contributed by atoms with Gasteiger partial charge >= 0.3 is 10.5 Å². The minimum absolute atomic E-state index is 0.164. The molecule has 0 radical (unpaired) electrons. The molecular formula is C12H15FN2O5S. The van der Waals surface area contributed by atoms with Gasteiger partial charge in [0.05, 0.1) is 18.1 Å². The van der Waals surface area contributed by atoms with E-state index in [2.05, 4.69) is 14.5 Å². The second-order valence-electron chi connectivity index (χ2n) is 4.72. The van der Waals surface area contributed by atoms with E-state index in [1.54, 1.807) is 0 Å². The average molecular weight is 318 g/mol. The van der Waals surface area contributed by atoms with E-state index in [0.717, 1.165) is 25.6 Å². The standard InChI is InChI=1S/C12H15FN2O5S/c13-21(17,18)20-11-5-10(6-14-7-11)15-12(16)4-9-2-1-3-19-8-9/h5-7,9H,1-4,8H2,(H,15,16). The zero-order valence-corrected chi connectivity index (χ0v) is 11.9. The fourth-order valence-corrected chi connectivity index (χ4v) is 2.41. The van der Waals surface area contributed by atoms with Crippen LogP contribution in [0.1, 0.15) is 19.3 Å². The highest BCUT2D eigenvalue weighted by Crippen LogP contribution is 2.20. The van der Waals surface area contributed by atoms with Crippen molar-refractivity contribution < 1.29 is 26.0 Å². The molecule has 1 aliphatic heterocycles. The first-order chi connectivity index (χ1) is 9.92. The highest BCUT2D eigenvalue weighted by atomic mass is 32.3. The molecule has 1 atom stereocenters. The summed E-state index contributed by atoms with van der Waals surface area (Å²) in [6.07, 6.45) is 4.49. The maximum absolute atomic E-state index is 12.4. The Bertz CT molecular complexity index is 601. The van der Waals surface area contributed by atoms with Crippen LogP contribution in [0.15, 0.2) is 18.5 Å². The van der Waals surface area contributed by atoms with E-state index in [9.17, 15) is 17.1 Å². The Labute approximate surface area is 121 Å². The Hall–Kier alpha value is -1.74. The van der Waals surface area contributed by atoms with Gasteiger partial charge in [-0.15, -0.1) is 0 Å². The van der Waals surface area contributed by atoms with Gasteiger partial charge in [-0.2, -0.15) is 8.42 Å². The molecule has 7 nitrogen and oxygen atoms in total. The number of amides is 1. The molecule has 9 heteroatoms. The third-order valence-electron chi connectivity index (χ3n) is 2.92. The highest BCUT2D eigenvalue weighted by molar-refractivity contribution is 7.81. The zero-order chi connectivity index (χ0) is 15.3. The van der Waals surface area contributed by atoms with Crippen LogP contribution in [0.5, 0.6) is 5.75 Å². The van der Waals surface area contributed by atoms with Crippen molar-refractivity contribution in [2.75, 3.05) is 18.5 Å². The monoisotopic (exact) mass is 318 g/mol. The quantitative estimate of drug-likeness (QED) is 0.825. The van der Waals surface area contributed by atoms with E-state index in [1.807, 2.05) is 0 Å². The Morgan fingerprint density at radius 2 is 2.33 bits per heavy atom. The highest BCUT2D eigenvalue weighted by Gasteiger charge is 2.18. The van der Waals surface area contributed by atoms with Crippen molar-refractivity contribution in [2.45, 2.75) is 19.3 Å². The first kappa shape index (κ1) is 15.6. The van der Waals surface area contributed by atoms with Crippen LogP contribution in [-0.2, 0) is 20.0 Å². The largest absolute Gasteiger partial charge is 0.488 e. The molecule has 2 heterocycles. The molecule has 0 aliphatic carbocycles. The second kappa shape index (κ2) is 6.81. The van der Waals surface area contributed by atoms with Gasteiger partial charge in [-0.05, 0) is 18.8 Å². The summed E-state index contributed by atoms with van der Waals surface area (Å²) in [5.74, 6) is -0.388. The van der Waals surface area contributed by atoms with Crippen molar-refractivity contribution in [1.29, 1.82) is 0 Å². The molecule has 1 saturated heterocycles. The lowest BCUT2D eigenvalue weighted by molar-refractivity contribution is -0.118. The van der Waals surface area contributed by atoms with E-state index in [1.165, 1.54) is 12.3 Å². The van der Waals surface area contributed by atoms with E-state index in [-0.39, 0.29) is 23.3 Å². The number of nitrogens with zero attached hydrogens (tertiary/aromatic N) is 1. The predicted octanol–water partition coefficient (Wildman–Crippen LogP) is 1.43. The Kier molecular flexibility index (Phi) is 5.07. The third-order valence-corrected chi connectivity index (χ3v) is 3.31. The van der Waals surface area contributed by atoms with Gasteiger partial charge in [0.25, 0.3) is 0 Å². The normalized spacial score (nSPS) is 19.0. The molecule has 2 rings (SSSR count). The topological polar surface area (TPSA) is 94.6 Å². The van der Waals surface area contributed by atoms with E-state index < -0.39 is 10.5 Å². The van der Waals surface area contributed by atoms with Crippen LogP contribution in [0.3, 0.4) is 0 Å². The molecule has 1 aliphatic rings. The van der Waals surface area contributed by atoms with Gasteiger partial charge in [0.15, 0.2) is 5.75 Å².